The maximum absolute atomic E-state index is 11.7. The Labute approximate surface area is 89.3 Å². The molecule has 0 radical (unpaired) electrons. The van der Waals surface area contributed by atoms with Crippen LogP contribution in [0.5, 0.6) is 0 Å². The Morgan fingerprint density at radius 1 is 1.47 bits per heavy atom. The van der Waals surface area contributed by atoms with Gasteiger partial charge >= 0.3 is 5.97 Å². The molecule has 1 spiro atoms. The van der Waals surface area contributed by atoms with Gasteiger partial charge in [-0.25, -0.2) is 0 Å². The van der Waals surface area contributed by atoms with Crippen LogP contribution in [0, 0.1) is 5.92 Å². The summed E-state index contributed by atoms with van der Waals surface area (Å²) in [6, 6.07) is 0. The first-order valence-corrected chi connectivity index (χ1v) is 5.22. The third-order valence-electron chi connectivity index (χ3n) is 3.13. The number of methoxy groups -OCH3 is 1. The van der Waals surface area contributed by atoms with Crippen LogP contribution in [0.2, 0.25) is 0 Å². The van der Waals surface area contributed by atoms with Gasteiger partial charge in [-0.05, 0) is 7.05 Å². The number of rotatable bonds is 1. The topological polar surface area (TPSA) is 48.0 Å². The van der Waals surface area contributed by atoms with Gasteiger partial charge in [-0.2, -0.15) is 0 Å². The van der Waals surface area contributed by atoms with Crippen molar-refractivity contribution in [3.8, 4) is 0 Å². The summed E-state index contributed by atoms with van der Waals surface area (Å²) in [6.07, 6.45) is 0.725. The summed E-state index contributed by atoms with van der Waals surface area (Å²) in [5.74, 6) is -1.30. The highest BCUT2D eigenvalue weighted by Gasteiger charge is 2.51. The second-order valence-corrected chi connectivity index (χ2v) is 4.10. The highest BCUT2D eigenvalue weighted by atomic mass is 16.7. The lowest BCUT2D eigenvalue weighted by molar-refractivity contribution is -0.226. The van der Waals surface area contributed by atoms with Gasteiger partial charge in [0.25, 0.3) is 0 Å². The molecule has 1 atom stereocenters. The molecule has 2 heterocycles. The van der Waals surface area contributed by atoms with Crippen molar-refractivity contribution in [3.05, 3.63) is 0 Å². The SMILES string of the molecule is COC(=O)C1CN(C)CCC12OCCO2. The molecule has 0 aliphatic carbocycles. The fourth-order valence-corrected chi connectivity index (χ4v) is 2.28. The Hall–Kier alpha value is -0.650. The summed E-state index contributed by atoms with van der Waals surface area (Å²) in [5.41, 5.74) is 0. The molecule has 0 N–H and O–H groups in total. The Morgan fingerprint density at radius 3 is 2.73 bits per heavy atom. The maximum atomic E-state index is 11.7. The van der Waals surface area contributed by atoms with Crippen LogP contribution < -0.4 is 0 Å². The van der Waals surface area contributed by atoms with Crippen molar-refractivity contribution in [1.29, 1.82) is 0 Å². The zero-order valence-electron chi connectivity index (χ0n) is 9.19. The minimum absolute atomic E-state index is 0.247. The number of hydrogen-bond acceptors (Lipinski definition) is 5. The second kappa shape index (κ2) is 4.08. The Kier molecular flexibility index (Phi) is 2.95. The number of piperidine rings is 1. The molecule has 86 valence electrons. The maximum Gasteiger partial charge on any atom is 0.315 e. The number of nitrogens with zero attached hydrogens (tertiary/aromatic N) is 1. The molecule has 2 fully saturated rings. The largest absolute Gasteiger partial charge is 0.469 e. The molecule has 5 nitrogen and oxygen atoms in total. The Morgan fingerprint density at radius 2 is 2.13 bits per heavy atom. The zero-order valence-corrected chi connectivity index (χ0v) is 9.19. The van der Waals surface area contributed by atoms with Crippen molar-refractivity contribution in [2.75, 3.05) is 40.5 Å². The molecule has 2 aliphatic rings. The van der Waals surface area contributed by atoms with Crippen molar-refractivity contribution in [3.63, 3.8) is 0 Å². The number of carbonyl (C=O) groups excluding carboxylic acids is 1. The molecule has 15 heavy (non-hydrogen) atoms. The fourth-order valence-electron chi connectivity index (χ4n) is 2.28. The van der Waals surface area contributed by atoms with Crippen molar-refractivity contribution < 1.29 is 19.0 Å². The molecule has 0 aromatic carbocycles. The smallest absolute Gasteiger partial charge is 0.315 e. The summed E-state index contributed by atoms with van der Waals surface area (Å²) in [7, 11) is 3.39. The first-order valence-electron chi connectivity index (χ1n) is 5.22. The normalized spacial score (nSPS) is 30.7. The van der Waals surface area contributed by atoms with E-state index in [2.05, 4.69) is 4.90 Å². The van der Waals surface area contributed by atoms with E-state index in [1.165, 1.54) is 7.11 Å². The van der Waals surface area contributed by atoms with E-state index in [4.69, 9.17) is 14.2 Å². The highest BCUT2D eigenvalue weighted by Crippen LogP contribution is 2.36. The lowest BCUT2D eigenvalue weighted by Crippen LogP contribution is -2.54. The number of esters is 1. The van der Waals surface area contributed by atoms with Gasteiger partial charge in [0.1, 0.15) is 5.92 Å². The van der Waals surface area contributed by atoms with E-state index in [-0.39, 0.29) is 11.9 Å². The van der Waals surface area contributed by atoms with Crippen molar-refractivity contribution in [2.24, 2.45) is 5.92 Å². The van der Waals surface area contributed by atoms with Crippen LogP contribution >= 0.6 is 0 Å². The molecule has 0 saturated carbocycles. The summed E-state index contributed by atoms with van der Waals surface area (Å²) < 4.78 is 16.0. The van der Waals surface area contributed by atoms with Crippen LogP contribution in [-0.4, -0.2) is 57.1 Å². The van der Waals surface area contributed by atoms with Gasteiger partial charge in [-0.3, -0.25) is 4.79 Å². The first kappa shape index (κ1) is 10.9. The summed E-state index contributed by atoms with van der Waals surface area (Å²) in [5, 5.41) is 0. The van der Waals surface area contributed by atoms with E-state index < -0.39 is 5.79 Å². The van der Waals surface area contributed by atoms with Crippen molar-refractivity contribution in [1.82, 2.24) is 4.90 Å². The van der Waals surface area contributed by atoms with E-state index in [9.17, 15) is 4.79 Å². The lowest BCUT2D eigenvalue weighted by atomic mass is 9.91. The molecule has 5 heteroatoms. The number of carbonyl (C=O) groups is 1. The average molecular weight is 215 g/mol. The molecule has 2 saturated heterocycles. The van der Waals surface area contributed by atoms with Gasteiger partial charge in [0.2, 0.25) is 0 Å². The van der Waals surface area contributed by atoms with Gasteiger partial charge in [-0.15, -0.1) is 0 Å². The molecule has 0 aromatic rings. The summed E-state index contributed by atoms with van der Waals surface area (Å²) in [6.45, 7) is 2.65. The van der Waals surface area contributed by atoms with Crippen molar-refractivity contribution >= 4 is 5.97 Å². The van der Waals surface area contributed by atoms with Crippen LogP contribution in [0.25, 0.3) is 0 Å². The van der Waals surface area contributed by atoms with E-state index in [0.717, 1.165) is 13.0 Å². The van der Waals surface area contributed by atoms with Gasteiger partial charge < -0.3 is 19.1 Å². The van der Waals surface area contributed by atoms with Crippen LogP contribution in [0.1, 0.15) is 6.42 Å². The predicted octanol–water partition coefficient (Wildman–Crippen LogP) is -0.146. The highest BCUT2D eigenvalue weighted by molar-refractivity contribution is 5.74. The molecule has 1 unspecified atom stereocenters. The van der Waals surface area contributed by atoms with Gasteiger partial charge in [0, 0.05) is 19.5 Å². The Balaban J connectivity index is 2.16. The van der Waals surface area contributed by atoms with Gasteiger partial charge in [0.15, 0.2) is 5.79 Å². The first-order chi connectivity index (χ1) is 7.18. The third-order valence-corrected chi connectivity index (χ3v) is 3.13. The fraction of sp³-hybridized carbons (Fsp3) is 0.900. The molecule has 0 bridgehead atoms. The van der Waals surface area contributed by atoms with E-state index in [1.54, 1.807) is 0 Å². The van der Waals surface area contributed by atoms with Crippen LogP contribution in [0.15, 0.2) is 0 Å². The number of hydrogen-bond donors (Lipinski definition) is 0. The van der Waals surface area contributed by atoms with Crippen molar-refractivity contribution in [2.45, 2.75) is 12.2 Å². The zero-order chi connectivity index (χ0) is 10.9. The molecular formula is C10H17NO4. The summed E-state index contributed by atoms with van der Waals surface area (Å²) >= 11 is 0. The quantitative estimate of drug-likeness (QED) is 0.569. The summed E-state index contributed by atoms with van der Waals surface area (Å²) in [4.78, 5) is 13.8. The lowest BCUT2D eigenvalue weighted by Gasteiger charge is -2.41. The van der Waals surface area contributed by atoms with E-state index in [0.29, 0.717) is 19.8 Å². The molecule has 0 amide bonds. The Bertz CT molecular complexity index is 250. The monoisotopic (exact) mass is 215 g/mol. The van der Waals surface area contributed by atoms with Crippen LogP contribution in [-0.2, 0) is 19.0 Å². The van der Waals surface area contributed by atoms with Gasteiger partial charge in [0.05, 0.1) is 20.3 Å². The molecule has 0 aromatic heterocycles. The molecular weight excluding hydrogens is 198 g/mol. The van der Waals surface area contributed by atoms with Crippen LogP contribution in [0.4, 0.5) is 0 Å². The number of likely N-dealkylation sites (tertiary alicyclic amines) is 1. The third kappa shape index (κ3) is 1.87. The second-order valence-electron chi connectivity index (χ2n) is 4.10. The van der Waals surface area contributed by atoms with Crippen LogP contribution in [0.3, 0.4) is 0 Å². The minimum Gasteiger partial charge on any atom is -0.469 e. The molecule has 2 rings (SSSR count). The standard InChI is InChI=1S/C10H17NO4/c1-11-4-3-10(14-5-6-15-10)8(7-11)9(12)13-2/h8H,3-7H2,1-2H3. The average Bonchev–Trinajstić information content (AvgIpc) is 2.70. The number of ether oxygens (including phenoxy) is 3. The predicted molar refractivity (Wildman–Crippen MR) is 52.3 cm³/mol. The minimum atomic E-state index is -0.723. The molecule has 2 aliphatic heterocycles. The van der Waals surface area contributed by atoms with Gasteiger partial charge in [-0.1, -0.05) is 0 Å². The van der Waals surface area contributed by atoms with E-state index in [1.807, 2.05) is 7.05 Å². The van der Waals surface area contributed by atoms with E-state index >= 15 is 0 Å².